The Morgan fingerprint density at radius 3 is 2.94 bits per heavy atom. The first-order valence-corrected chi connectivity index (χ1v) is 6.63. The molecule has 0 aromatic heterocycles. The molecule has 1 unspecified atom stereocenters. The molecule has 1 atom stereocenters. The molecule has 1 aliphatic rings. The van der Waals surface area contributed by atoms with Crippen molar-refractivity contribution >= 4 is 21.9 Å². The maximum atomic E-state index is 11.7. The van der Waals surface area contributed by atoms with Gasteiger partial charge in [-0.3, -0.25) is 0 Å². The Labute approximate surface area is 115 Å². The van der Waals surface area contributed by atoms with Crippen LogP contribution in [-0.2, 0) is 11.2 Å². The lowest BCUT2D eigenvalue weighted by Crippen LogP contribution is -2.13. The number of carbonyl (C=O) groups is 1. The highest BCUT2D eigenvalue weighted by Gasteiger charge is 2.27. The van der Waals surface area contributed by atoms with Gasteiger partial charge in [0.15, 0.2) is 0 Å². The molecule has 0 aliphatic carbocycles. The fourth-order valence-corrected chi connectivity index (χ4v) is 2.52. The van der Waals surface area contributed by atoms with E-state index < -0.39 is 0 Å². The first-order chi connectivity index (χ1) is 8.52. The molecule has 96 valence electrons. The monoisotopic (exact) mass is 310 g/mol. The molecule has 0 fully saturated rings. The van der Waals surface area contributed by atoms with E-state index in [2.05, 4.69) is 22.5 Å². The van der Waals surface area contributed by atoms with Crippen molar-refractivity contribution in [3.63, 3.8) is 0 Å². The quantitative estimate of drug-likeness (QED) is 0.633. The number of hydrogen-bond donors (Lipinski definition) is 0. The van der Waals surface area contributed by atoms with Crippen LogP contribution in [0.4, 0.5) is 0 Å². The summed E-state index contributed by atoms with van der Waals surface area (Å²) in [6.45, 7) is 8.01. The maximum absolute atomic E-state index is 11.7. The lowest BCUT2D eigenvalue weighted by molar-refractivity contribution is 0.0526. The number of carbonyl (C=O) groups excluding carboxylic acids is 1. The van der Waals surface area contributed by atoms with Crippen LogP contribution in [0.1, 0.15) is 29.8 Å². The molecule has 1 aromatic rings. The molecule has 1 aromatic carbocycles. The zero-order valence-corrected chi connectivity index (χ0v) is 12.0. The van der Waals surface area contributed by atoms with Crippen LogP contribution in [0.5, 0.6) is 5.75 Å². The van der Waals surface area contributed by atoms with E-state index in [-0.39, 0.29) is 12.1 Å². The molecule has 4 heteroatoms. The Kier molecular flexibility index (Phi) is 3.76. The second kappa shape index (κ2) is 5.14. The standard InChI is InChI=1S/C14H15BrO3/c1-4-17-14(16)10-5-9-7-12(8(2)3)18-13(9)11(15)6-10/h5-6,12H,2,4,7H2,1,3H3. The van der Waals surface area contributed by atoms with Gasteiger partial charge < -0.3 is 9.47 Å². The SMILES string of the molecule is C=C(C)C1Cc2cc(C(=O)OCC)cc(Br)c2O1. The van der Waals surface area contributed by atoms with E-state index in [1.165, 1.54) is 0 Å². The van der Waals surface area contributed by atoms with Crippen LogP contribution in [0, 0.1) is 0 Å². The molecule has 0 spiro atoms. The summed E-state index contributed by atoms with van der Waals surface area (Å²) in [6.07, 6.45) is 0.741. The molecular formula is C14H15BrO3. The smallest absolute Gasteiger partial charge is 0.338 e. The Bertz CT molecular complexity index is 508. The number of ether oxygens (including phenoxy) is 2. The normalized spacial score (nSPS) is 16.9. The van der Waals surface area contributed by atoms with E-state index in [4.69, 9.17) is 9.47 Å². The van der Waals surface area contributed by atoms with Crippen molar-refractivity contribution in [2.45, 2.75) is 26.4 Å². The van der Waals surface area contributed by atoms with Crippen molar-refractivity contribution in [3.8, 4) is 5.75 Å². The highest BCUT2D eigenvalue weighted by molar-refractivity contribution is 9.10. The Morgan fingerprint density at radius 1 is 1.61 bits per heavy atom. The van der Waals surface area contributed by atoms with Crippen LogP contribution in [0.15, 0.2) is 28.8 Å². The molecule has 0 saturated carbocycles. The van der Waals surface area contributed by atoms with Crippen molar-refractivity contribution in [2.75, 3.05) is 6.61 Å². The van der Waals surface area contributed by atoms with E-state index in [9.17, 15) is 4.79 Å². The number of halogens is 1. The minimum Gasteiger partial charge on any atom is -0.484 e. The van der Waals surface area contributed by atoms with Gasteiger partial charge in [-0.1, -0.05) is 6.58 Å². The van der Waals surface area contributed by atoms with Gasteiger partial charge in [0, 0.05) is 12.0 Å². The zero-order valence-electron chi connectivity index (χ0n) is 10.5. The van der Waals surface area contributed by atoms with Crippen LogP contribution < -0.4 is 4.74 Å². The van der Waals surface area contributed by atoms with Gasteiger partial charge >= 0.3 is 5.97 Å². The number of rotatable bonds is 3. The molecule has 1 heterocycles. The molecule has 2 rings (SSSR count). The Hall–Kier alpha value is -1.29. The van der Waals surface area contributed by atoms with E-state index >= 15 is 0 Å². The molecule has 0 bridgehead atoms. The van der Waals surface area contributed by atoms with Gasteiger partial charge in [-0.2, -0.15) is 0 Å². The topological polar surface area (TPSA) is 35.5 Å². The Morgan fingerprint density at radius 2 is 2.33 bits per heavy atom. The maximum Gasteiger partial charge on any atom is 0.338 e. The van der Waals surface area contributed by atoms with E-state index in [0.29, 0.717) is 12.2 Å². The van der Waals surface area contributed by atoms with Gasteiger partial charge in [0.1, 0.15) is 11.9 Å². The lowest BCUT2D eigenvalue weighted by Gasteiger charge is -2.10. The van der Waals surface area contributed by atoms with E-state index in [1.807, 2.05) is 13.0 Å². The third-order valence-electron chi connectivity index (χ3n) is 2.85. The molecule has 0 radical (unpaired) electrons. The molecule has 0 amide bonds. The average molecular weight is 311 g/mol. The second-order valence-electron chi connectivity index (χ2n) is 4.32. The van der Waals surface area contributed by atoms with Crippen molar-refractivity contribution in [2.24, 2.45) is 0 Å². The lowest BCUT2D eigenvalue weighted by atomic mass is 10.0. The second-order valence-corrected chi connectivity index (χ2v) is 5.18. The first kappa shape index (κ1) is 13.1. The summed E-state index contributed by atoms with van der Waals surface area (Å²) in [4.78, 5) is 11.7. The molecular weight excluding hydrogens is 296 g/mol. The van der Waals surface area contributed by atoms with Crippen LogP contribution >= 0.6 is 15.9 Å². The van der Waals surface area contributed by atoms with Crippen molar-refractivity contribution < 1.29 is 14.3 Å². The highest BCUT2D eigenvalue weighted by atomic mass is 79.9. The van der Waals surface area contributed by atoms with Gasteiger partial charge in [-0.15, -0.1) is 0 Å². The largest absolute Gasteiger partial charge is 0.484 e. The minimum atomic E-state index is -0.306. The van der Waals surface area contributed by atoms with Gasteiger partial charge in [0.2, 0.25) is 0 Å². The van der Waals surface area contributed by atoms with E-state index in [0.717, 1.165) is 27.8 Å². The first-order valence-electron chi connectivity index (χ1n) is 5.84. The number of hydrogen-bond acceptors (Lipinski definition) is 3. The molecule has 1 aliphatic heterocycles. The van der Waals surface area contributed by atoms with Gasteiger partial charge in [-0.05, 0) is 47.5 Å². The Balaban J connectivity index is 2.32. The van der Waals surface area contributed by atoms with Gasteiger partial charge in [0.05, 0.1) is 16.6 Å². The fourth-order valence-electron chi connectivity index (χ4n) is 1.92. The summed E-state index contributed by atoms with van der Waals surface area (Å²) in [5.74, 6) is 0.496. The van der Waals surface area contributed by atoms with Crippen LogP contribution in [0.3, 0.4) is 0 Å². The summed E-state index contributed by atoms with van der Waals surface area (Å²) in [5, 5.41) is 0. The van der Waals surface area contributed by atoms with Gasteiger partial charge in [0.25, 0.3) is 0 Å². The summed E-state index contributed by atoms with van der Waals surface area (Å²) in [7, 11) is 0. The third kappa shape index (κ3) is 2.43. The van der Waals surface area contributed by atoms with Crippen molar-refractivity contribution in [1.29, 1.82) is 0 Å². The van der Waals surface area contributed by atoms with Crippen molar-refractivity contribution in [3.05, 3.63) is 39.9 Å². The van der Waals surface area contributed by atoms with Gasteiger partial charge in [-0.25, -0.2) is 4.79 Å². The third-order valence-corrected chi connectivity index (χ3v) is 3.44. The predicted molar refractivity (Wildman–Crippen MR) is 73.0 cm³/mol. The number of esters is 1. The van der Waals surface area contributed by atoms with Crippen LogP contribution in [-0.4, -0.2) is 18.7 Å². The molecule has 3 nitrogen and oxygen atoms in total. The van der Waals surface area contributed by atoms with Crippen molar-refractivity contribution in [1.82, 2.24) is 0 Å². The summed E-state index contributed by atoms with van der Waals surface area (Å²) >= 11 is 3.43. The number of benzene rings is 1. The fraction of sp³-hybridized carbons (Fsp3) is 0.357. The summed E-state index contributed by atoms with van der Waals surface area (Å²) < 4.78 is 11.6. The summed E-state index contributed by atoms with van der Waals surface area (Å²) in [5.41, 5.74) is 2.55. The predicted octanol–water partition coefficient (Wildman–Crippen LogP) is 3.51. The zero-order chi connectivity index (χ0) is 13.3. The minimum absolute atomic E-state index is 0.00579. The summed E-state index contributed by atoms with van der Waals surface area (Å²) in [6, 6.07) is 3.57. The molecule has 0 saturated heterocycles. The molecule has 0 N–H and O–H groups in total. The van der Waals surface area contributed by atoms with Crippen LogP contribution in [0.25, 0.3) is 0 Å². The average Bonchev–Trinajstić information content (AvgIpc) is 2.73. The van der Waals surface area contributed by atoms with E-state index in [1.54, 1.807) is 13.0 Å². The number of fused-ring (bicyclic) bond motifs is 1. The highest BCUT2D eigenvalue weighted by Crippen LogP contribution is 2.38. The van der Waals surface area contributed by atoms with Crippen LogP contribution in [0.2, 0.25) is 0 Å². The molecule has 18 heavy (non-hydrogen) atoms.